The zero-order chi connectivity index (χ0) is 18.7. The van der Waals surface area contributed by atoms with Gasteiger partial charge >= 0.3 is 0 Å². The number of ether oxygens (including phenoxy) is 1. The van der Waals surface area contributed by atoms with Crippen molar-refractivity contribution in [1.29, 1.82) is 0 Å². The summed E-state index contributed by atoms with van der Waals surface area (Å²) in [7, 11) is -1.76. The average Bonchev–Trinajstić information content (AvgIpc) is 2.55. The fourth-order valence-electron chi connectivity index (χ4n) is 2.79. The van der Waals surface area contributed by atoms with Crippen LogP contribution in [0, 0.1) is 5.92 Å². The zero-order valence-corrected chi connectivity index (χ0v) is 16.2. The van der Waals surface area contributed by atoms with E-state index in [1.54, 1.807) is 52.1 Å². The fourth-order valence-corrected chi connectivity index (χ4v) is 3.82. The molecule has 140 valence electrons. The van der Waals surface area contributed by atoms with E-state index in [-0.39, 0.29) is 17.9 Å². The molecular formula is C18H28N2O4S. The van der Waals surface area contributed by atoms with E-state index in [9.17, 15) is 13.2 Å². The lowest BCUT2D eigenvalue weighted by Gasteiger charge is -2.30. The number of rotatable bonds is 5. The number of hydrogen-bond donors (Lipinski definition) is 2. The maximum absolute atomic E-state index is 12.4. The van der Waals surface area contributed by atoms with Gasteiger partial charge in [0.1, 0.15) is 5.75 Å². The number of carbonyl (C=O) groups excluding carboxylic acids is 1. The van der Waals surface area contributed by atoms with Gasteiger partial charge < -0.3 is 10.1 Å². The van der Waals surface area contributed by atoms with Crippen LogP contribution in [-0.4, -0.2) is 32.2 Å². The minimum Gasteiger partial charge on any atom is -0.497 e. The Morgan fingerprint density at radius 3 is 2.12 bits per heavy atom. The predicted molar refractivity (Wildman–Crippen MR) is 99.2 cm³/mol. The van der Waals surface area contributed by atoms with E-state index in [0.717, 1.165) is 11.4 Å². The number of amides is 1. The van der Waals surface area contributed by atoms with Gasteiger partial charge in [0.05, 0.1) is 11.9 Å². The zero-order valence-electron chi connectivity index (χ0n) is 15.3. The van der Waals surface area contributed by atoms with Crippen molar-refractivity contribution in [2.75, 3.05) is 12.4 Å². The molecule has 1 fully saturated rings. The van der Waals surface area contributed by atoms with Crippen LogP contribution in [0.1, 0.15) is 46.5 Å². The molecule has 2 rings (SSSR count). The van der Waals surface area contributed by atoms with Crippen LogP contribution in [0.15, 0.2) is 24.3 Å². The second-order valence-electron chi connectivity index (χ2n) is 7.50. The second kappa shape index (κ2) is 7.74. The first-order chi connectivity index (χ1) is 11.6. The van der Waals surface area contributed by atoms with E-state index in [1.165, 1.54) is 0 Å². The molecule has 1 aliphatic rings. The van der Waals surface area contributed by atoms with Gasteiger partial charge in [0.15, 0.2) is 0 Å². The number of carbonyl (C=O) groups is 1. The van der Waals surface area contributed by atoms with Crippen LogP contribution < -0.4 is 14.8 Å². The standard InChI is InChI=1S/C18H28N2O4S/c1-18(2,3)25(22,23)20-15-7-5-13(6-8-15)17(21)19-14-9-11-16(24-4)12-10-14/h9-13,15,20H,5-8H2,1-4H3,(H,19,21)/t13-,15-. The number of nitrogens with one attached hydrogen (secondary N) is 2. The minimum atomic E-state index is -3.35. The van der Waals surface area contributed by atoms with Crippen LogP contribution in [-0.2, 0) is 14.8 Å². The van der Waals surface area contributed by atoms with Gasteiger partial charge in [-0.2, -0.15) is 0 Å². The van der Waals surface area contributed by atoms with Crippen molar-refractivity contribution in [1.82, 2.24) is 4.72 Å². The van der Waals surface area contributed by atoms with Crippen molar-refractivity contribution < 1.29 is 17.9 Å². The SMILES string of the molecule is COc1ccc(NC(=O)[C@H]2CC[C@H](NS(=O)(=O)C(C)(C)C)CC2)cc1. The quantitative estimate of drug-likeness (QED) is 0.837. The van der Waals surface area contributed by atoms with Gasteiger partial charge in [-0.1, -0.05) is 0 Å². The van der Waals surface area contributed by atoms with Crippen molar-refractivity contribution in [3.05, 3.63) is 24.3 Å². The molecule has 0 aliphatic heterocycles. The highest BCUT2D eigenvalue weighted by Crippen LogP contribution is 2.27. The molecule has 0 aromatic heterocycles. The maximum Gasteiger partial charge on any atom is 0.227 e. The molecular weight excluding hydrogens is 340 g/mol. The summed E-state index contributed by atoms with van der Waals surface area (Å²) in [6, 6.07) is 7.12. The lowest BCUT2D eigenvalue weighted by Crippen LogP contribution is -2.46. The van der Waals surface area contributed by atoms with Gasteiger partial charge in [0.25, 0.3) is 0 Å². The highest BCUT2D eigenvalue weighted by atomic mass is 32.2. The van der Waals surface area contributed by atoms with Gasteiger partial charge in [-0.05, 0) is 70.7 Å². The van der Waals surface area contributed by atoms with Crippen molar-refractivity contribution in [3.63, 3.8) is 0 Å². The number of anilines is 1. The van der Waals surface area contributed by atoms with E-state index < -0.39 is 14.8 Å². The molecule has 1 aromatic carbocycles. The summed E-state index contributed by atoms with van der Waals surface area (Å²) in [5.41, 5.74) is 0.737. The third-order valence-corrected chi connectivity index (χ3v) is 6.84. The lowest BCUT2D eigenvalue weighted by atomic mass is 9.86. The lowest BCUT2D eigenvalue weighted by molar-refractivity contribution is -0.120. The first kappa shape index (κ1) is 19.7. The molecule has 0 bridgehead atoms. The molecule has 0 heterocycles. The van der Waals surface area contributed by atoms with Gasteiger partial charge in [-0.25, -0.2) is 13.1 Å². The summed E-state index contributed by atoms with van der Waals surface area (Å²) in [5, 5.41) is 2.92. The van der Waals surface area contributed by atoms with Crippen molar-refractivity contribution in [2.45, 2.75) is 57.2 Å². The fraction of sp³-hybridized carbons (Fsp3) is 0.611. The first-order valence-corrected chi connectivity index (χ1v) is 10.1. The van der Waals surface area contributed by atoms with E-state index in [4.69, 9.17) is 4.74 Å². The normalized spacial score (nSPS) is 21.6. The van der Waals surface area contributed by atoms with Gasteiger partial charge in [-0.15, -0.1) is 0 Å². The van der Waals surface area contributed by atoms with Crippen molar-refractivity contribution in [2.24, 2.45) is 5.92 Å². The molecule has 0 spiro atoms. The molecule has 6 nitrogen and oxygen atoms in total. The van der Waals surface area contributed by atoms with Crippen molar-refractivity contribution in [3.8, 4) is 5.75 Å². The number of hydrogen-bond acceptors (Lipinski definition) is 4. The molecule has 0 radical (unpaired) electrons. The van der Waals surface area contributed by atoms with Crippen LogP contribution in [0.4, 0.5) is 5.69 Å². The third kappa shape index (κ3) is 5.19. The van der Waals surface area contributed by atoms with Crippen molar-refractivity contribution >= 4 is 21.6 Å². The Hall–Kier alpha value is -1.60. The Kier molecular flexibility index (Phi) is 6.11. The largest absolute Gasteiger partial charge is 0.497 e. The highest BCUT2D eigenvalue weighted by Gasteiger charge is 2.34. The van der Waals surface area contributed by atoms with Gasteiger partial charge in [-0.3, -0.25) is 4.79 Å². The predicted octanol–water partition coefficient (Wildman–Crippen LogP) is 2.91. The van der Waals surface area contributed by atoms with E-state index in [0.29, 0.717) is 25.7 Å². The van der Waals surface area contributed by atoms with Crippen LogP contribution in [0.3, 0.4) is 0 Å². The topological polar surface area (TPSA) is 84.5 Å². The molecule has 0 unspecified atom stereocenters. The minimum absolute atomic E-state index is 0.0118. The van der Waals surface area contributed by atoms with Crippen LogP contribution >= 0.6 is 0 Å². The van der Waals surface area contributed by atoms with E-state index in [1.807, 2.05) is 0 Å². The van der Waals surface area contributed by atoms with Crippen LogP contribution in [0.5, 0.6) is 5.75 Å². The summed E-state index contributed by atoms with van der Waals surface area (Å²) in [5.74, 6) is 0.643. The Morgan fingerprint density at radius 2 is 1.64 bits per heavy atom. The first-order valence-electron chi connectivity index (χ1n) is 8.59. The van der Waals surface area contributed by atoms with E-state index in [2.05, 4.69) is 10.0 Å². The average molecular weight is 368 g/mol. The third-order valence-electron chi connectivity index (χ3n) is 4.58. The molecule has 1 aliphatic carbocycles. The summed E-state index contributed by atoms with van der Waals surface area (Å²) in [6.45, 7) is 5.05. The number of benzene rings is 1. The Labute approximate surface area is 150 Å². The number of methoxy groups -OCH3 is 1. The summed E-state index contributed by atoms with van der Waals surface area (Å²) >= 11 is 0. The van der Waals surface area contributed by atoms with Gasteiger partial charge in [0, 0.05) is 17.6 Å². The molecule has 1 saturated carbocycles. The Morgan fingerprint density at radius 1 is 1.08 bits per heavy atom. The van der Waals surface area contributed by atoms with Gasteiger partial charge in [0.2, 0.25) is 15.9 Å². The summed E-state index contributed by atoms with van der Waals surface area (Å²) in [4.78, 5) is 12.4. The molecule has 25 heavy (non-hydrogen) atoms. The molecule has 7 heteroatoms. The summed E-state index contributed by atoms with van der Waals surface area (Å²) in [6.07, 6.45) is 2.71. The monoisotopic (exact) mass is 368 g/mol. The summed E-state index contributed by atoms with van der Waals surface area (Å²) < 4.78 is 31.5. The molecule has 1 aromatic rings. The Balaban J connectivity index is 1.85. The second-order valence-corrected chi connectivity index (χ2v) is 9.97. The number of sulfonamides is 1. The van der Waals surface area contributed by atoms with Crippen LogP contribution in [0.2, 0.25) is 0 Å². The smallest absolute Gasteiger partial charge is 0.227 e. The maximum atomic E-state index is 12.4. The van der Waals surface area contributed by atoms with Crippen LogP contribution in [0.25, 0.3) is 0 Å². The Bertz CT molecular complexity index is 685. The highest BCUT2D eigenvalue weighted by molar-refractivity contribution is 7.90. The van der Waals surface area contributed by atoms with E-state index >= 15 is 0 Å². The molecule has 0 atom stereocenters. The molecule has 2 N–H and O–H groups in total. The molecule has 0 saturated heterocycles. The molecule has 1 amide bonds.